The molecule has 0 radical (unpaired) electrons. The Kier molecular flexibility index (Phi) is 14.4. The van der Waals surface area contributed by atoms with Gasteiger partial charge in [0.25, 0.3) is 0 Å². The maximum atomic E-state index is 5.40. The Morgan fingerprint density at radius 2 is 1.15 bits per heavy atom. The van der Waals surface area contributed by atoms with Crippen LogP contribution in [0.25, 0.3) is 0 Å². The summed E-state index contributed by atoms with van der Waals surface area (Å²) in [7, 11) is -0.356. The summed E-state index contributed by atoms with van der Waals surface area (Å²) >= 11 is 5.30. The van der Waals surface area contributed by atoms with Gasteiger partial charge in [-0.05, 0) is 134 Å². The van der Waals surface area contributed by atoms with E-state index in [-0.39, 0.29) is 34.6 Å². The van der Waals surface area contributed by atoms with Crippen molar-refractivity contribution in [3.05, 3.63) is 101 Å². The van der Waals surface area contributed by atoms with Gasteiger partial charge < -0.3 is 26.0 Å². The number of anilines is 2. The number of hydrogen-bond donors (Lipinski definition) is 2. The fraction of sp³-hybridized carbons (Fsp3) is 0.410. The molecule has 0 heterocycles. The standard InChI is InChI=1S/C22H29Si.C17H20N2O2S.Zr/c1-23(2)15-22(20-13-11-16-7-3-5-9-18(16)20)21-14-12-17-8-4-6-10-19(17)21;1-3-20-15-9-5-13(6-10-15)18-17(22)19-14-7-11-16(12-8-14)21-4-2;/h11-15,20-21H,3-10H2,1-2H3;5-12H,3-4H2,1-2H3,(H2,18,19,22);/q-1;;. The van der Waals surface area contributed by atoms with Gasteiger partial charge in [0.15, 0.2) is 5.11 Å². The molecule has 4 aliphatic rings. The Balaban J connectivity index is 0.000000205. The minimum atomic E-state index is -0.356. The largest absolute Gasteiger partial charge is 0.494 e. The minimum Gasteiger partial charge on any atom is -0.494 e. The normalized spacial score (nSPS) is 19.2. The van der Waals surface area contributed by atoms with Gasteiger partial charge in [-0.15, -0.1) is 24.0 Å². The Morgan fingerprint density at radius 3 is 1.54 bits per heavy atom. The fourth-order valence-electron chi connectivity index (χ4n) is 6.88. The van der Waals surface area contributed by atoms with E-state index in [0.29, 0.717) is 30.2 Å². The van der Waals surface area contributed by atoms with Crippen LogP contribution in [0.2, 0.25) is 13.1 Å². The van der Waals surface area contributed by atoms with Crippen LogP contribution < -0.4 is 20.1 Å². The van der Waals surface area contributed by atoms with Gasteiger partial charge >= 0.3 is 0 Å². The third-order valence-corrected chi connectivity index (χ3v) is 9.97. The van der Waals surface area contributed by atoms with Crippen molar-refractivity contribution in [2.75, 3.05) is 23.8 Å². The molecule has 6 rings (SSSR count). The molecule has 2 unspecified atom stereocenters. The van der Waals surface area contributed by atoms with Gasteiger partial charge in [-0.1, -0.05) is 47.5 Å². The SMILES string of the molecule is CCOc1ccc(NC(=S)Nc2ccc(OCC)cc2)cc1.C[Si](C)=C[C-](C1C=CC2=C1CCCC2)C1C=CC2=C1CCCC2.[Zr]. The van der Waals surface area contributed by atoms with E-state index in [1.807, 2.05) is 62.4 Å². The zero-order valence-electron chi connectivity index (χ0n) is 28.0. The average molecular weight is 729 g/mol. The first-order valence-corrected chi connectivity index (χ1v) is 19.8. The smallest absolute Gasteiger partial charge is 0.175 e. The van der Waals surface area contributed by atoms with E-state index in [1.165, 1.54) is 51.4 Å². The van der Waals surface area contributed by atoms with Gasteiger partial charge in [-0.2, -0.15) is 0 Å². The Morgan fingerprint density at radius 1 is 0.739 bits per heavy atom. The summed E-state index contributed by atoms with van der Waals surface area (Å²) in [4.78, 5) is 0. The molecule has 4 aliphatic carbocycles. The van der Waals surface area contributed by atoms with Gasteiger partial charge in [0.1, 0.15) is 11.5 Å². The zero-order chi connectivity index (χ0) is 31.6. The van der Waals surface area contributed by atoms with E-state index in [2.05, 4.69) is 53.7 Å². The summed E-state index contributed by atoms with van der Waals surface area (Å²) in [6.45, 7) is 10.1. The summed E-state index contributed by atoms with van der Waals surface area (Å²) in [6, 6.07) is 15.3. The zero-order valence-corrected chi connectivity index (χ0v) is 32.2. The van der Waals surface area contributed by atoms with Gasteiger partial charge in [-0.3, -0.25) is 0 Å². The van der Waals surface area contributed by atoms with Crippen molar-refractivity contribution in [1.29, 1.82) is 0 Å². The predicted molar refractivity (Wildman–Crippen MR) is 198 cm³/mol. The molecular weight excluding hydrogens is 680 g/mol. The number of hydrogen-bond acceptors (Lipinski definition) is 3. The monoisotopic (exact) mass is 727 g/mol. The van der Waals surface area contributed by atoms with Crippen LogP contribution in [0.1, 0.15) is 65.2 Å². The maximum Gasteiger partial charge on any atom is 0.175 e. The van der Waals surface area contributed by atoms with Crippen molar-refractivity contribution in [2.24, 2.45) is 11.8 Å². The van der Waals surface area contributed by atoms with Crippen LogP contribution in [-0.4, -0.2) is 32.4 Å². The van der Waals surface area contributed by atoms with Crippen LogP contribution in [0.4, 0.5) is 11.4 Å². The van der Waals surface area contributed by atoms with E-state index in [1.54, 1.807) is 28.2 Å². The number of thiocarbonyl (C=S) groups is 1. The van der Waals surface area contributed by atoms with Gasteiger partial charge in [0, 0.05) is 37.6 Å². The van der Waals surface area contributed by atoms with Crippen LogP contribution in [0.15, 0.2) is 95.1 Å². The minimum absolute atomic E-state index is 0. The number of ether oxygens (including phenoxy) is 2. The molecule has 7 heteroatoms. The second-order valence-corrected chi connectivity index (χ2v) is 15.3. The number of allylic oxidation sites excluding steroid dienone is 8. The van der Waals surface area contributed by atoms with Crippen molar-refractivity contribution in [3.63, 3.8) is 0 Å². The first-order valence-electron chi connectivity index (χ1n) is 16.8. The Hall–Kier alpha value is -2.47. The summed E-state index contributed by atoms with van der Waals surface area (Å²) in [6.07, 6.45) is 20.9. The molecule has 0 fully saturated rings. The van der Waals surface area contributed by atoms with Gasteiger partial charge in [0.2, 0.25) is 0 Å². The van der Waals surface area contributed by atoms with Crippen LogP contribution >= 0.6 is 12.2 Å². The summed E-state index contributed by atoms with van der Waals surface area (Å²) < 4.78 is 10.8. The van der Waals surface area contributed by atoms with E-state index in [4.69, 9.17) is 21.7 Å². The predicted octanol–water partition coefficient (Wildman–Crippen LogP) is 10.1. The van der Waals surface area contributed by atoms with Crippen molar-refractivity contribution < 1.29 is 35.7 Å². The molecule has 0 aliphatic heterocycles. The molecule has 0 saturated heterocycles. The maximum absolute atomic E-state index is 5.40. The quantitative estimate of drug-likeness (QED) is 0.153. The fourth-order valence-corrected chi connectivity index (χ4v) is 8.14. The van der Waals surface area contributed by atoms with Crippen LogP contribution in [0.5, 0.6) is 11.5 Å². The number of benzene rings is 2. The molecule has 2 N–H and O–H groups in total. The first-order chi connectivity index (χ1) is 21.9. The van der Waals surface area contributed by atoms with Crippen molar-refractivity contribution in [2.45, 2.75) is 78.3 Å². The van der Waals surface area contributed by atoms with Gasteiger partial charge in [-0.25, -0.2) is 5.67 Å². The molecule has 0 amide bonds. The van der Waals surface area contributed by atoms with E-state index in [9.17, 15) is 0 Å². The number of nitrogens with one attached hydrogen (secondary N) is 2. The Bertz CT molecular complexity index is 1370. The Labute approximate surface area is 303 Å². The summed E-state index contributed by atoms with van der Waals surface area (Å²) in [5, 5.41) is 6.80. The molecule has 2 aromatic rings. The molecule has 0 spiro atoms. The molecule has 4 nitrogen and oxygen atoms in total. The third kappa shape index (κ3) is 9.78. The van der Waals surface area contributed by atoms with E-state index in [0.717, 1.165) is 22.9 Å². The number of rotatable bonds is 9. The van der Waals surface area contributed by atoms with E-state index < -0.39 is 0 Å². The topological polar surface area (TPSA) is 42.5 Å². The summed E-state index contributed by atoms with van der Waals surface area (Å²) in [5.74, 6) is 4.66. The molecule has 2 atom stereocenters. The molecule has 46 heavy (non-hydrogen) atoms. The molecule has 0 bridgehead atoms. The second kappa shape index (κ2) is 18.2. The van der Waals surface area contributed by atoms with Crippen LogP contribution in [0.3, 0.4) is 0 Å². The molecule has 0 aromatic heterocycles. The van der Waals surface area contributed by atoms with Crippen LogP contribution in [0, 0.1) is 17.8 Å². The molecule has 0 saturated carbocycles. The van der Waals surface area contributed by atoms with Crippen molar-refractivity contribution in [3.8, 4) is 11.5 Å². The van der Waals surface area contributed by atoms with Gasteiger partial charge in [0.05, 0.1) is 13.2 Å². The van der Waals surface area contributed by atoms with Crippen molar-refractivity contribution in [1.82, 2.24) is 0 Å². The second-order valence-electron chi connectivity index (χ2n) is 12.4. The molecular formula is C39H49N2O2SSiZr-. The molecule has 2 aromatic carbocycles. The third-order valence-electron chi connectivity index (χ3n) is 8.86. The van der Waals surface area contributed by atoms with Crippen molar-refractivity contribution >= 4 is 42.8 Å². The summed E-state index contributed by atoms with van der Waals surface area (Å²) in [5.41, 5.74) is 11.4. The molecule has 242 valence electrons. The van der Waals surface area contributed by atoms with Crippen LogP contribution in [-0.2, 0) is 26.2 Å². The average Bonchev–Trinajstić information content (AvgIpc) is 3.67. The first kappa shape index (κ1) is 36.4. The van der Waals surface area contributed by atoms with E-state index >= 15 is 0 Å².